The maximum Gasteiger partial charge on any atom is 0.284 e. The molecule has 2 rings (SSSR count). The first kappa shape index (κ1) is 16.4. The second-order valence-corrected chi connectivity index (χ2v) is 5.05. The lowest BCUT2D eigenvalue weighted by Crippen LogP contribution is -2.34. The Labute approximate surface area is 132 Å². The molecule has 2 aromatic rings. The van der Waals surface area contributed by atoms with Gasteiger partial charge in [-0.25, -0.2) is 0 Å². The standard InChI is InChI=1S/C16H17N3O4/c17-13-7-4-8-14(19(22)23)15(13)16(21)18-10-12(20)9-11-5-2-1-3-6-11/h1-8,12,20H,9-10,17H2,(H,18,21). The van der Waals surface area contributed by atoms with E-state index >= 15 is 0 Å². The fourth-order valence-electron chi connectivity index (χ4n) is 2.21. The molecule has 0 fully saturated rings. The Bertz CT molecular complexity index is 704. The molecule has 0 spiro atoms. The van der Waals surface area contributed by atoms with Gasteiger partial charge in [0.05, 0.1) is 16.7 Å². The molecule has 7 heteroatoms. The molecule has 7 nitrogen and oxygen atoms in total. The van der Waals surface area contributed by atoms with E-state index in [1.54, 1.807) is 0 Å². The van der Waals surface area contributed by atoms with Gasteiger partial charge < -0.3 is 16.2 Å². The van der Waals surface area contributed by atoms with Crippen LogP contribution in [0.15, 0.2) is 48.5 Å². The number of nitrogens with one attached hydrogen (secondary N) is 1. The van der Waals surface area contributed by atoms with Crippen molar-refractivity contribution in [2.45, 2.75) is 12.5 Å². The summed E-state index contributed by atoms with van der Waals surface area (Å²) >= 11 is 0. The zero-order valence-electron chi connectivity index (χ0n) is 12.3. The van der Waals surface area contributed by atoms with E-state index in [4.69, 9.17) is 5.73 Å². The molecule has 23 heavy (non-hydrogen) atoms. The molecule has 2 aromatic carbocycles. The van der Waals surface area contributed by atoms with Crippen LogP contribution < -0.4 is 11.1 Å². The lowest BCUT2D eigenvalue weighted by atomic mass is 10.1. The molecule has 120 valence electrons. The van der Waals surface area contributed by atoms with Crippen LogP contribution in [0.5, 0.6) is 0 Å². The molecular weight excluding hydrogens is 298 g/mol. The van der Waals surface area contributed by atoms with Gasteiger partial charge in [0.25, 0.3) is 11.6 Å². The first-order valence-corrected chi connectivity index (χ1v) is 7.02. The highest BCUT2D eigenvalue weighted by atomic mass is 16.6. The molecule has 0 heterocycles. The van der Waals surface area contributed by atoms with Crippen LogP contribution in [0.4, 0.5) is 11.4 Å². The number of carbonyl (C=O) groups excluding carboxylic acids is 1. The van der Waals surface area contributed by atoms with Crippen LogP contribution in [0.25, 0.3) is 0 Å². The van der Waals surface area contributed by atoms with Crippen LogP contribution >= 0.6 is 0 Å². The third kappa shape index (κ3) is 4.27. The molecule has 0 aliphatic heterocycles. The number of hydrogen-bond donors (Lipinski definition) is 3. The van der Waals surface area contributed by atoms with Crippen molar-refractivity contribution in [3.8, 4) is 0 Å². The van der Waals surface area contributed by atoms with Crippen LogP contribution in [0.3, 0.4) is 0 Å². The minimum Gasteiger partial charge on any atom is -0.398 e. The van der Waals surface area contributed by atoms with Gasteiger partial charge in [0.1, 0.15) is 5.56 Å². The van der Waals surface area contributed by atoms with E-state index in [9.17, 15) is 20.0 Å². The normalized spacial score (nSPS) is 11.7. The lowest BCUT2D eigenvalue weighted by Gasteiger charge is -2.13. The average Bonchev–Trinajstić information content (AvgIpc) is 2.53. The van der Waals surface area contributed by atoms with Gasteiger partial charge in [-0.1, -0.05) is 36.4 Å². The molecular formula is C16H17N3O4. The summed E-state index contributed by atoms with van der Waals surface area (Å²) < 4.78 is 0. The summed E-state index contributed by atoms with van der Waals surface area (Å²) in [5.41, 5.74) is 6.06. The summed E-state index contributed by atoms with van der Waals surface area (Å²) in [6.45, 7) is -0.0286. The molecule has 1 amide bonds. The molecule has 0 aliphatic rings. The third-order valence-electron chi connectivity index (χ3n) is 3.31. The van der Waals surface area contributed by atoms with Crippen LogP contribution in [0.1, 0.15) is 15.9 Å². The van der Waals surface area contributed by atoms with E-state index in [2.05, 4.69) is 5.32 Å². The quantitative estimate of drug-likeness (QED) is 0.424. The fourth-order valence-corrected chi connectivity index (χ4v) is 2.21. The number of nitrogens with zero attached hydrogens (tertiary/aromatic N) is 1. The largest absolute Gasteiger partial charge is 0.398 e. The van der Waals surface area contributed by atoms with Gasteiger partial charge in [-0.05, 0) is 11.6 Å². The number of aliphatic hydroxyl groups is 1. The predicted octanol–water partition coefficient (Wildman–Crippen LogP) is 1.51. The number of nitrogen functional groups attached to an aromatic ring is 1. The van der Waals surface area contributed by atoms with E-state index in [0.29, 0.717) is 6.42 Å². The molecule has 4 N–H and O–H groups in total. The monoisotopic (exact) mass is 315 g/mol. The number of nitro groups is 1. The predicted molar refractivity (Wildman–Crippen MR) is 86.0 cm³/mol. The maximum absolute atomic E-state index is 12.1. The van der Waals surface area contributed by atoms with Crippen LogP contribution in [0.2, 0.25) is 0 Å². The van der Waals surface area contributed by atoms with E-state index in [0.717, 1.165) is 5.56 Å². The molecule has 0 aromatic heterocycles. The summed E-state index contributed by atoms with van der Waals surface area (Å²) in [6.07, 6.45) is -0.432. The number of anilines is 1. The average molecular weight is 315 g/mol. The molecule has 1 unspecified atom stereocenters. The summed E-state index contributed by atoms with van der Waals surface area (Å²) in [4.78, 5) is 22.5. The smallest absolute Gasteiger partial charge is 0.284 e. The number of rotatable bonds is 6. The Kier molecular flexibility index (Phi) is 5.27. The Hall–Kier alpha value is -2.93. The second kappa shape index (κ2) is 7.37. The molecule has 0 saturated heterocycles. The number of nitrogens with two attached hydrogens (primary N) is 1. The minimum absolute atomic E-state index is 0.0225. The van der Waals surface area contributed by atoms with Gasteiger partial charge in [-0.3, -0.25) is 14.9 Å². The van der Waals surface area contributed by atoms with E-state index < -0.39 is 16.9 Å². The van der Waals surface area contributed by atoms with Gasteiger partial charge in [0, 0.05) is 19.0 Å². The van der Waals surface area contributed by atoms with E-state index in [1.165, 1.54) is 18.2 Å². The Morgan fingerprint density at radius 1 is 1.22 bits per heavy atom. The number of carbonyl (C=O) groups is 1. The van der Waals surface area contributed by atoms with Gasteiger partial charge in [-0.2, -0.15) is 0 Å². The fraction of sp³-hybridized carbons (Fsp3) is 0.188. The Morgan fingerprint density at radius 3 is 2.57 bits per heavy atom. The van der Waals surface area contributed by atoms with Crippen LogP contribution in [0, 0.1) is 10.1 Å². The number of amides is 1. The zero-order valence-corrected chi connectivity index (χ0v) is 12.3. The Morgan fingerprint density at radius 2 is 1.91 bits per heavy atom. The summed E-state index contributed by atoms with van der Waals surface area (Å²) in [5.74, 6) is -0.679. The summed E-state index contributed by atoms with van der Waals surface area (Å²) in [7, 11) is 0. The third-order valence-corrected chi connectivity index (χ3v) is 3.31. The van der Waals surface area contributed by atoms with Crippen LogP contribution in [-0.2, 0) is 6.42 Å². The second-order valence-electron chi connectivity index (χ2n) is 5.05. The zero-order chi connectivity index (χ0) is 16.8. The highest BCUT2D eigenvalue weighted by molar-refractivity contribution is 6.03. The van der Waals surface area contributed by atoms with Crippen molar-refractivity contribution in [3.05, 3.63) is 69.8 Å². The number of aliphatic hydroxyl groups excluding tert-OH is 1. The molecule has 0 aliphatic carbocycles. The van der Waals surface area contributed by atoms with Gasteiger partial charge >= 0.3 is 0 Å². The molecule has 0 saturated carbocycles. The van der Waals surface area contributed by atoms with Crippen LogP contribution in [-0.4, -0.2) is 28.6 Å². The summed E-state index contributed by atoms with van der Waals surface area (Å²) in [5, 5.41) is 23.4. The first-order chi connectivity index (χ1) is 11.0. The van der Waals surface area contributed by atoms with Crippen molar-refractivity contribution in [2.75, 3.05) is 12.3 Å². The van der Waals surface area contributed by atoms with Gasteiger partial charge in [0.2, 0.25) is 0 Å². The number of hydrogen-bond acceptors (Lipinski definition) is 5. The van der Waals surface area contributed by atoms with Gasteiger partial charge in [-0.15, -0.1) is 0 Å². The Balaban J connectivity index is 2.01. The van der Waals surface area contributed by atoms with Gasteiger partial charge in [0.15, 0.2) is 0 Å². The van der Waals surface area contributed by atoms with Crippen molar-refractivity contribution in [1.82, 2.24) is 5.32 Å². The lowest BCUT2D eigenvalue weighted by molar-refractivity contribution is -0.385. The first-order valence-electron chi connectivity index (χ1n) is 7.02. The maximum atomic E-state index is 12.1. The minimum atomic E-state index is -0.801. The summed E-state index contributed by atoms with van der Waals surface area (Å²) in [6, 6.07) is 13.4. The van der Waals surface area contributed by atoms with E-state index in [1.807, 2.05) is 30.3 Å². The highest BCUT2D eigenvalue weighted by Gasteiger charge is 2.23. The number of nitro benzene ring substituents is 1. The van der Waals surface area contributed by atoms with Crippen molar-refractivity contribution in [3.63, 3.8) is 0 Å². The molecule has 0 radical (unpaired) electrons. The van der Waals surface area contributed by atoms with E-state index in [-0.39, 0.29) is 23.5 Å². The molecule has 0 bridgehead atoms. The molecule has 1 atom stereocenters. The van der Waals surface area contributed by atoms with Crippen molar-refractivity contribution in [2.24, 2.45) is 0 Å². The number of benzene rings is 2. The highest BCUT2D eigenvalue weighted by Crippen LogP contribution is 2.23. The van der Waals surface area contributed by atoms with Crippen molar-refractivity contribution in [1.29, 1.82) is 0 Å². The van der Waals surface area contributed by atoms with Crippen molar-refractivity contribution >= 4 is 17.3 Å². The SMILES string of the molecule is Nc1cccc([N+](=O)[O-])c1C(=O)NCC(O)Cc1ccccc1. The van der Waals surface area contributed by atoms with Crippen molar-refractivity contribution < 1.29 is 14.8 Å². The topological polar surface area (TPSA) is 118 Å².